The molecular formula is C22H23FN6O. The minimum atomic E-state index is -0.763. The lowest BCUT2D eigenvalue weighted by Gasteiger charge is -2.38. The molecular weight excluding hydrogens is 383 g/mol. The summed E-state index contributed by atoms with van der Waals surface area (Å²) in [5.74, 6) is 1.04. The van der Waals surface area contributed by atoms with Crippen molar-refractivity contribution in [1.29, 1.82) is 5.26 Å². The molecule has 2 atom stereocenters. The van der Waals surface area contributed by atoms with Crippen LogP contribution in [0.5, 0.6) is 0 Å². The molecule has 1 saturated heterocycles. The first-order valence-corrected chi connectivity index (χ1v) is 10.1. The van der Waals surface area contributed by atoms with Crippen LogP contribution in [-0.4, -0.2) is 33.9 Å². The molecule has 4 heterocycles. The number of aryl methyl sites for hydroxylation is 1. The van der Waals surface area contributed by atoms with Gasteiger partial charge in [-0.2, -0.15) is 10.8 Å². The first-order chi connectivity index (χ1) is 14.6. The van der Waals surface area contributed by atoms with Gasteiger partial charge in [-0.15, -0.1) is 0 Å². The lowest BCUT2D eigenvalue weighted by atomic mass is 9.82. The predicted octanol–water partition coefficient (Wildman–Crippen LogP) is 3.54. The zero-order chi connectivity index (χ0) is 21.1. The Morgan fingerprint density at radius 1 is 1.37 bits per heavy atom. The fourth-order valence-corrected chi connectivity index (χ4v) is 4.28. The number of H-pyrrole nitrogens is 1. The highest BCUT2D eigenvalue weighted by molar-refractivity contribution is 5.99. The molecule has 0 radical (unpaired) electrons. The lowest BCUT2D eigenvalue weighted by Crippen LogP contribution is -2.40. The van der Waals surface area contributed by atoms with Crippen LogP contribution in [0.1, 0.15) is 41.3 Å². The number of amides is 1. The van der Waals surface area contributed by atoms with Crippen molar-refractivity contribution >= 4 is 22.8 Å². The third-order valence-corrected chi connectivity index (χ3v) is 6.11. The molecule has 2 unspecified atom stereocenters. The van der Waals surface area contributed by atoms with E-state index >= 15 is 0 Å². The highest BCUT2D eigenvalue weighted by Gasteiger charge is 2.27. The van der Waals surface area contributed by atoms with E-state index in [4.69, 9.17) is 5.26 Å². The Labute approximate surface area is 173 Å². The van der Waals surface area contributed by atoms with Gasteiger partial charge >= 0.3 is 0 Å². The number of aromatic nitrogens is 3. The molecule has 3 aromatic rings. The van der Waals surface area contributed by atoms with E-state index in [1.807, 2.05) is 12.1 Å². The van der Waals surface area contributed by atoms with Gasteiger partial charge in [0.15, 0.2) is 0 Å². The van der Waals surface area contributed by atoms with Gasteiger partial charge in [0.25, 0.3) is 5.91 Å². The Morgan fingerprint density at radius 3 is 2.97 bits per heavy atom. The van der Waals surface area contributed by atoms with Crippen LogP contribution in [0, 0.1) is 23.2 Å². The fourth-order valence-electron chi connectivity index (χ4n) is 4.28. The summed E-state index contributed by atoms with van der Waals surface area (Å²) in [7, 11) is 0. The van der Waals surface area contributed by atoms with Crippen molar-refractivity contribution in [1.82, 2.24) is 20.5 Å². The molecule has 0 spiro atoms. The van der Waals surface area contributed by atoms with E-state index in [0.29, 0.717) is 29.5 Å². The minimum Gasteiger partial charge on any atom is -0.356 e. The number of nitriles is 1. The van der Waals surface area contributed by atoms with Crippen LogP contribution in [0.2, 0.25) is 0 Å². The molecule has 0 saturated carbocycles. The Bertz CT molecular complexity index is 1090. The topological polar surface area (TPSA) is 97.7 Å². The molecule has 0 aromatic carbocycles. The second-order valence-electron chi connectivity index (χ2n) is 7.84. The third kappa shape index (κ3) is 3.83. The van der Waals surface area contributed by atoms with Crippen LogP contribution in [0.3, 0.4) is 0 Å². The number of carbonyl (C=O) groups excluding carboxylic acids is 1. The van der Waals surface area contributed by atoms with Crippen molar-refractivity contribution < 1.29 is 9.28 Å². The van der Waals surface area contributed by atoms with Crippen LogP contribution in [0.4, 0.5) is 10.3 Å². The highest BCUT2D eigenvalue weighted by Crippen LogP contribution is 2.31. The molecule has 1 amide bonds. The van der Waals surface area contributed by atoms with Crippen molar-refractivity contribution in [3.8, 4) is 6.07 Å². The van der Waals surface area contributed by atoms with Gasteiger partial charge < -0.3 is 9.88 Å². The molecule has 3 aromatic heterocycles. The van der Waals surface area contributed by atoms with Gasteiger partial charge in [-0.25, -0.2) is 9.97 Å². The van der Waals surface area contributed by atoms with Crippen LogP contribution in [-0.2, 0) is 6.42 Å². The van der Waals surface area contributed by atoms with Crippen molar-refractivity contribution in [3.05, 3.63) is 53.5 Å². The van der Waals surface area contributed by atoms with E-state index < -0.39 is 5.91 Å². The molecule has 4 rings (SSSR count). The quantitative estimate of drug-likeness (QED) is 0.632. The Hall–Kier alpha value is -3.47. The SMILES string of the molecule is CC1CCN(c2ccc(C#N)cn2)CC1CCc1c(C(=O)NF)cnc2[nH]ccc12. The molecule has 0 aliphatic carbocycles. The summed E-state index contributed by atoms with van der Waals surface area (Å²) in [6, 6.07) is 7.65. The average Bonchev–Trinajstić information content (AvgIpc) is 3.27. The molecule has 8 heteroatoms. The van der Waals surface area contributed by atoms with Crippen molar-refractivity contribution in [3.63, 3.8) is 0 Å². The van der Waals surface area contributed by atoms with Gasteiger partial charge in [0.1, 0.15) is 17.5 Å². The summed E-state index contributed by atoms with van der Waals surface area (Å²) in [5.41, 5.74) is 3.57. The average molecular weight is 406 g/mol. The number of hydrogen-bond acceptors (Lipinski definition) is 5. The summed E-state index contributed by atoms with van der Waals surface area (Å²) in [5, 5.41) is 9.82. The van der Waals surface area contributed by atoms with Gasteiger partial charge in [-0.1, -0.05) is 11.4 Å². The van der Waals surface area contributed by atoms with E-state index in [1.165, 1.54) is 11.7 Å². The fraction of sp³-hybridized carbons (Fsp3) is 0.364. The number of pyridine rings is 2. The number of fused-ring (bicyclic) bond motifs is 1. The number of nitrogens with one attached hydrogen (secondary N) is 2. The second-order valence-corrected chi connectivity index (χ2v) is 7.84. The first kappa shape index (κ1) is 19.8. The standard InChI is InChI=1S/C22H23FN6O/c1-14-7-9-29(20-5-2-15(10-24)11-26-20)13-16(14)3-4-17-18-6-8-25-21(18)27-12-19(17)22(30)28-23/h2,5-6,8,11-12,14,16H,3-4,7,9,13H2,1H3,(H,25,27)(H,28,30). The molecule has 1 aliphatic rings. The number of carbonyl (C=O) groups is 1. The number of piperidine rings is 1. The Balaban J connectivity index is 1.53. The van der Waals surface area contributed by atoms with Crippen molar-refractivity contribution in [2.75, 3.05) is 18.0 Å². The molecule has 1 fully saturated rings. The summed E-state index contributed by atoms with van der Waals surface area (Å²) in [6.07, 6.45) is 7.37. The van der Waals surface area contributed by atoms with Crippen LogP contribution in [0.25, 0.3) is 11.0 Å². The number of aromatic amines is 1. The Kier molecular flexibility index (Phi) is 5.61. The van der Waals surface area contributed by atoms with Crippen molar-refractivity contribution in [2.45, 2.75) is 26.2 Å². The lowest BCUT2D eigenvalue weighted by molar-refractivity contribution is 0.0858. The van der Waals surface area contributed by atoms with Crippen molar-refractivity contribution in [2.24, 2.45) is 11.8 Å². The predicted molar refractivity (Wildman–Crippen MR) is 111 cm³/mol. The first-order valence-electron chi connectivity index (χ1n) is 10.1. The monoisotopic (exact) mass is 406 g/mol. The molecule has 30 heavy (non-hydrogen) atoms. The summed E-state index contributed by atoms with van der Waals surface area (Å²) >= 11 is 0. The Morgan fingerprint density at radius 2 is 2.23 bits per heavy atom. The summed E-state index contributed by atoms with van der Waals surface area (Å²) < 4.78 is 12.9. The molecule has 0 bridgehead atoms. The maximum atomic E-state index is 12.9. The number of rotatable bonds is 5. The maximum absolute atomic E-state index is 12.9. The number of nitrogens with zero attached hydrogens (tertiary/aromatic N) is 4. The van der Waals surface area contributed by atoms with Gasteiger partial charge in [0.2, 0.25) is 0 Å². The molecule has 2 N–H and O–H groups in total. The van der Waals surface area contributed by atoms with Gasteiger partial charge in [-0.3, -0.25) is 4.79 Å². The summed E-state index contributed by atoms with van der Waals surface area (Å²) in [4.78, 5) is 26.0. The molecule has 1 aliphatic heterocycles. The smallest absolute Gasteiger partial charge is 0.280 e. The van der Waals surface area contributed by atoms with Gasteiger partial charge in [0, 0.05) is 37.1 Å². The molecule has 7 nitrogen and oxygen atoms in total. The number of halogens is 1. The largest absolute Gasteiger partial charge is 0.356 e. The van der Waals surface area contributed by atoms with Crippen LogP contribution >= 0.6 is 0 Å². The third-order valence-electron chi connectivity index (χ3n) is 6.11. The van der Waals surface area contributed by atoms with E-state index in [9.17, 15) is 9.28 Å². The highest BCUT2D eigenvalue weighted by atomic mass is 19.2. The minimum absolute atomic E-state index is 0.277. The van der Waals surface area contributed by atoms with Gasteiger partial charge in [0.05, 0.1) is 11.1 Å². The normalized spacial score (nSPS) is 18.9. The van der Waals surface area contributed by atoms with E-state index in [2.05, 4.69) is 32.8 Å². The molecule has 154 valence electrons. The van der Waals surface area contributed by atoms with E-state index in [-0.39, 0.29) is 5.56 Å². The number of anilines is 1. The maximum Gasteiger partial charge on any atom is 0.280 e. The zero-order valence-electron chi connectivity index (χ0n) is 16.7. The van der Waals surface area contributed by atoms with E-state index in [1.54, 1.807) is 18.5 Å². The van der Waals surface area contributed by atoms with E-state index in [0.717, 1.165) is 42.7 Å². The second kappa shape index (κ2) is 8.49. The summed E-state index contributed by atoms with van der Waals surface area (Å²) in [6.45, 7) is 4.03. The number of hydrogen-bond donors (Lipinski definition) is 2. The van der Waals surface area contributed by atoms with Crippen LogP contribution in [0.15, 0.2) is 36.8 Å². The van der Waals surface area contributed by atoms with Gasteiger partial charge in [-0.05, 0) is 54.9 Å². The zero-order valence-corrected chi connectivity index (χ0v) is 16.7. The van der Waals surface area contributed by atoms with Crippen LogP contribution < -0.4 is 10.4 Å².